The zero-order valence-corrected chi connectivity index (χ0v) is 17.0. The Hall–Kier alpha value is -1.77. The van der Waals surface area contributed by atoms with E-state index in [0.717, 1.165) is 5.56 Å². The Balaban J connectivity index is 1.88. The van der Waals surface area contributed by atoms with Gasteiger partial charge in [0.15, 0.2) is 0 Å². The molecular weight excluding hydrogens is 380 g/mol. The van der Waals surface area contributed by atoms with Crippen LogP contribution in [0.2, 0.25) is 0 Å². The summed E-state index contributed by atoms with van der Waals surface area (Å²) < 4.78 is 17.1. The van der Waals surface area contributed by atoms with Gasteiger partial charge in [-0.2, -0.15) is 0 Å². The SMILES string of the molecule is CC(O)CC(COCc1ccccc1)OC(CO)C(C)OC(=O)c1cccs1. The van der Waals surface area contributed by atoms with Crippen molar-refractivity contribution < 1.29 is 29.2 Å². The molecular formula is C21H28O6S. The number of aliphatic hydroxyl groups excluding tert-OH is 2. The van der Waals surface area contributed by atoms with Crippen molar-refractivity contribution in [1.82, 2.24) is 0 Å². The van der Waals surface area contributed by atoms with E-state index in [1.54, 1.807) is 31.4 Å². The van der Waals surface area contributed by atoms with Gasteiger partial charge in [-0.15, -0.1) is 11.3 Å². The van der Waals surface area contributed by atoms with Gasteiger partial charge >= 0.3 is 5.97 Å². The van der Waals surface area contributed by atoms with Crippen LogP contribution < -0.4 is 0 Å². The summed E-state index contributed by atoms with van der Waals surface area (Å²) in [5.41, 5.74) is 1.04. The van der Waals surface area contributed by atoms with Crippen LogP contribution in [0.15, 0.2) is 47.8 Å². The third-order valence-corrected chi connectivity index (χ3v) is 4.96. The summed E-state index contributed by atoms with van der Waals surface area (Å²) in [4.78, 5) is 12.6. The minimum Gasteiger partial charge on any atom is -0.456 e. The molecule has 154 valence electrons. The van der Waals surface area contributed by atoms with Crippen molar-refractivity contribution in [1.29, 1.82) is 0 Å². The quantitative estimate of drug-likeness (QED) is 0.525. The maximum absolute atomic E-state index is 12.1. The second-order valence-electron chi connectivity index (χ2n) is 6.65. The van der Waals surface area contributed by atoms with Gasteiger partial charge in [0.1, 0.15) is 17.1 Å². The highest BCUT2D eigenvalue weighted by Crippen LogP contribution is 2.16. The molecule has 0 saturated carbocycles. The zero-order valence-electron chi connectivity index (χ0n) is 16.2. The Morgan fingerprint density at radius 2 is 1.89 bits per heavy atom. The van der Waals surface area contributed by atoms with Crippen LogP contribution in [0.4, 0.5) is 0 Å². The standard InChI is InChI=1S/C21H28O6S/c1-15(23)11-18(14-25-13-17-7-4-3-5-8-17)27-19(12-22)16(2)26-21(24)20-9-6-10-28-20/h3-10,15-16,18-19,22-23H,11-14H2,1-2H3. The van der Waals surface area contributed by atoms with Crippen molar-refractivity contribution in [3.8, 4) is 0 Å². The molecule has 2 rings (SSSR count). The van der Waals surface area contributed by atoms with Crippen LogP contribution >= 0.6 is 11.3 Å². The minimum absolute atomic E-state index is 0.252. The van der Waals surface area contributed by atoms with E-state index >= 15 is 0 Å². The third-order valence-electron chi connectivity index (χ3n) is 4.11. The van der Waals surface area contributed by atoms with Crippen LogP contribution in [0.1, 0.15) is 35.5 Å². The first-order valence-electron chi connectivity index (χ1n) is 9.30. The van der Waals surface area contributed by atoms with E-state index in [9.17, 15) is 15.0 Å². The Bertz CT molecular complexity index is 673. The predicted molar refractivity (Wildman–Crippen MR) is 107 cm³/mol. The highest BCUT2D eigenvalue weighted by Gasteiger charge is 2.26. The molecule has 4 unspecified atom stereocenters. The van der Waals surface area contributed by atoms with E-state index in [1.807, 2.05) is 30.3 Å². The Morgan fingerprint density at radius 1 is 1.14 bits per heavy atom. The molecule has 4 atom stereocenters. The number of rotatable bonds is 12. The first-order valence-corrected chi connectivity index (χ1v) is 10.2. The van der Waals surface area contributed by atoms with Gasteiger partial charge in [-0.1, -0.05) is 36.4 Å². The number of esters is 1. The minimum atomic E-state index is -0.715. The summed E-state index contributed by atoms with van der Waals surface area (Å²) in [5.74, 6) is -0.447. The van der Waals surface area contributed by atoms with Gasteiger partial charge < -0.3 is 24.4 Å². The van der Waals surface area contributed by atoms with Gasteiger partial charge in [-0.3, -0.25) is 0 Å². The zero-order chi connectivity index (χ0) is 20.4. The molecule has 1 aromatic carbocycles. The fourth-order valence-corrected chi connectivity index (χ4v) is 3.28. The summed E-state index contributed by atoms with van der Waals surface area (Å²) in [6.45, 7) is 3.71. The van der Waals surface area contributed by atoms with E-state index in [0.29, 0.717) is 17.9 Å². The van der Waals surface area contributed by atoms with Gasteiger partial charge in [0, 0.05) is 6.42 Å². The average Bonchev–Trinajstić information content (AvgIpc) is 3.21. The van der Waals surface area contributed by atoms with Crippen LogP contribution in [0, 0.1) is 0 Å². The molecule has 0 aliphatic rings. The van der Waals surface area contributed by atoms with E-state index in [4.69, 9.17) is 14.2 Å². The Kier molecular flexibility index (Phi) is 9.60. The topological polar surface area (TPSA) is 85.2 Å². The summed E-state index contributed by atoms with van der Waals surface area (Å²) in [7, 11) is 0. The summed E-state index contributed by atoms with van der Waals surface area (Å²) in [6.07, 6.45) is -2.05. The molecule has 2 aromatic rings. The van der Waals surface area contributed by atoms with Crippen LogP contribution in [-0.2, 0) is 20.8 Å². The normalized spacial score (nSPS) is 15.6. The number of benzene rings is 1. The van der Waals surface area contributed by atoms with Crippen LogP contribution in [-0.4, -0.2) is 53.8 Å². The van der Waals surface area contributed by atoms with Crippen LogP contribution in [0.5, 0.6) is 0 Å². The second-order valence-corrected chi connectivity index (χ2v) is 7.60. The lowest BCUT2D eigenvalue weighted by molar-refractivity contribution is -0.126. The summed E-state index contributed by atoms with van der Waals surface area (Å²) in [6, 6.07) is 13.2. The summed E-state index contributed by atoms with van der Waals surface area (Å²) in [5, 5.41) is 21.3. The molecule has 7 heteroatoms. The molecule has 28 heavy (non-hydrogen) atoms. The number of thiophene rings is 1. The molecule has 1 heterocycles. The van der Waals surface area contributed by atoms with Gasteiger partial charge in [0.2, 0.25) is 0 Å². The molecule has 0 saturated heterocycles. The predicted octanol–water partition coefficient (Wildman–Crippen LogP) is 3.03. The molecule has 0 aliphatic heterocycles. The Morgan fingerprint density at radius 3 is 2.50 bits per heavy atom. The highest BCUT2D eigenvalue weighted by molar-refractivity contribution is 7.11. The van der Waals surface area contributed by atoms with Crippen molar-refractivity contribution >= 4 is 17.3 Å². The van der Waals surface area contributed by atoms with Crippen molar-refractivity contribution in [2.75, 3.05) is 13.2 Å². The van der Waals surface area contributed by atoms with Gasteiger partial charge in [0.25, 0.3) is 0 Å². The third kappa shape index (κ3) is 7.69. The lowest BCUT2D eigenvalue weighted by Crippen LogP contribution is -2.39. The molecule has 0 amide bonds. The van der Waals surface area contributed by atoms with Crippen molar-refractivity contribution in [3.05, 3.63) is 58.3 Å². The van der Waals surface area contributed by atoms with Crippen molar-refractivity contribution in [2.45, 2.75) is 51.3 Å². The largest absolute Gasteiger partial charge is 0.456 e. The fraction of sp³-hybridized carbons (Fsp3) is 0.476. The number of carbonyl (C=O) groups excluding carboxylic acids is 1. The lowest BCUT2D eigenvalue weighted by Gasteiger charge is -2.28. The number of ether oxygens (including phenoxy) is 3. The monoisotopic (exact) mass is 408 g/mol. The smallest absolute Gasteiger partial charge is 0.348 e. The maximum atomic E-state index is 12.1. The number of hydrogen-bond donors (Lipinski definition) is 2. The fourth-order valence-electron chi connectivity index (χ4n) is 2.67. The molecule has 2 N–H and O–H groups in total. The average molecular weight is 409 g/mol. The van der Waals surface area contributed by atoms with Gasteiger partial charge in [0.05, 0.1) is 32.0 Å². The molecule has 6 nitrogen and oxygen atoms in total. The van der Waals surface area contributed by atoms with Crippen molar-refractivity contribution in [2.24, 2.45) is 0 Å². The number of carbonyl (C=O) groups is 1. The van der Waals surface area contributed by atoms with E-state index < -0.39 is 30.4 Å². The number of aliphatic hydroxyl groups is 2. The van der Waals surface area contributed by atoms with Crippen LogP contribution in [0.25, 0.3) is 0 Å². The van der Waals surface area contributed by atoms with E-state index in [-0.39, 0.29) is 13.2 Å². The maximum Gasteiger partial charge on any atom is 0.348 e. The molecule has 0 bridgehead atoms. The Labute approximate surface area is 169 Å². The highest BCUT2D eigenvalue weighted by atomic mass is 32.1. The lowest BCUT2D eigenvalue weighted by atomic mass is 10.1. The second kappa shape index (κ2) is 11.9. The van der Waals surface area contributed by atoms with Crippen LogP contribution in [0.3, 0.4) is 0 Å². The van der Waals surface area contributed by atoms with Crippen molar-refractivity contribution in [3.63, 3.8) is 0 Å². The van der Waals surface area contributed by atoms with E-state index in [2.05, 4.69) is 0 Å². The molecule has 0 radical (unpaired) electrons. The summed E-state index contributed by atoms with van der Waals surface area (Å²) >= 11 is 1.29. The molecule has 0 spiro atoms. The van der Waals surface area contributed by atoms with Gasteiger partial charge in [-0.25, -0.2) is 4.79 Å². The first kappa shape index (κ1) is 22.5. The molecule has 0 fully saturated rings. The molecule has 0 aliphatic carbocycles. The van der Waals surface area contributed by atoms with Gasteiger partial charge in [-0.05, 0) is 30.9 Å². The van der Waals surface area contributed by atoms with E-state index in [1.165, 1.54) is 11.3 Å². The molecule has 1 aromatic heterocycles. The number of hydrogen-bond acceptors (Lipinski definition) is 7. The first-order chi connectivity index (χ1) is 13.5.